The van der Waals surface area contributed by atoms with Crippen LogP contribution in [0.5, 0.6) is 0 Å². The molecule has 2 aliphatic rings. The second-order valence-electron chi connectivity index (χ2n) is 5.93. The Hall–Kier alpha value is -0.120. The number of hydrogen-bond donors (Lipinski definition) is 2. The molecule has 3 heteroatoms. The highest BCUT2D eigenvalue weighted by molar-refractivity contribution is 4.99. The molecule has 0 saturated heterocycles. The normalized spacial score (nSPS) is 33.5. The van der Waals surface area contributed by atoms with E-state index >= 15 is 0 Å². The number of aliphatic hydroxyl groups is 1. The first kappa shape index (κ1) is 13.3. The maximum Gasteiger partial charge on any atom is 0.0616 e. The summed E-state index contributed by atoms with van der Waals surface area (Å²) in [4.78, 5) is 2.51. The maximum absolute atomic E-state index is 9.73. The first-order valence-corrected chi connectivity index (χ1v) is 7.28. The Morgan fingerprint density at radius 1 is 1.35 bits per heavy atom. The van der Waals surface area contributed by atoms with Crippen molar-refractivity contribution in [2.24, 2.45) is 5.92 Å². The number of nitrogens with zero attached hydrogens (tertiary/aromatic N) is 1. The van der Waals surface area contributed by atoms with E-state index in [0.29, 0.717) is 12.5 Å². The van der Waals surface area contributed by atoms with Gasteiger partial charge in [-0.1, -0.05) is 13.3 Å². The molecule has 0 heterocycles. The predicted molar refractivity (Wildman–Crippen MR) is 71.1 cm³/mol. The second kappa shape index (κ2) is 5.68. The second-order valence-corrected chi connectivity index (χ2v) is 5.93. The van der Waals surface area contributed by atoms with Crippen LogP contribution in [0.1, 0.15) is 45.4 Å². The molecule has 0 radical (unpaired) electrons. The van der Waals surface area contributed by atoms with Crippen LogP contribution >= 0.6 is 0 Å². The zero-order chi connectivity index (χ0) is 12.3. The van der Waals surface area contributed by atoms with Crippen molar-refractivity contribution < 1.29 is 5.11 Å². The lowest BCUT2D eigenvalue weighted by Crippen LogP contribution is -2.51. The molecule has 0 aromatic heterocycles. The smallest absolute Gasteiger partial charge is 0.0616 e. The third-order valence-electron chi connectivity index (χ3n) is 4.77. The van der Waals surface area contributed by atoms with Crippen molar-refractivity contribution in [3.63, 3.8) is 0 Å². The number of aliphatic hydroxyl groups excluding tert-OH is 1. The summed E-state index contributed by atoms with van der Waals surface area (Å²) < 4.78 is 0. The van der Waals surface area contributed by atoms with E-state index in [9.17, 15) is 5.11 Å². The molecule has 0 spiro atoms. The maximum atomic E-state index is 9.73. The summed E-state index contributed by atoms with van der Waals surface area (Å²) in [6, 6.07) is 0.860. The Balaban J connectivity index is 1.84. The largest absolute Gasteiger partial charge is 0.394 e. The topological polar surface area (TPSA) is 35.5 Å². The Morgan fingerprint density at radius 2 is 2.12 bits per heavy atom. The minimum Gasteiger partial charge on any atom is -0.394 e. The van der Waals surface area contributed by atoms with Crippen LogP contribution in [0.4, 0.5) is 0 Å². The van der Waals surface area contributed by atoms with E-state index in [4.69, 9.17) is 0 Å². The van der Waals surface area contributed by atoms with Crippen molar-refractivity contribution in [1.29, 1.82) is 0 Å². The van der Waals surface area contributed by atoms with Gasteiger partial charge in [-0.25, -0.2) is 0 Å². The molecular formula is C14H28N2O. The molecule has 0 aromatic rings. The van der Waals surface area contributed by atoms with E-state index in [-0.39, 0.29) is 5.54 Å². The van der Waals surface area contributed by atoms with E-state index in [2.05, 4.69) is 24.2 Å². The highest BCUT2D eigenvalue weighted by Crippen LogP contribution is 2.38. The molecule has 2 unspecified atom stereocenters. The van der Waals surface area contributed by atoms with Crippen LogP contribution < -0.4 is 5.32 Å². The minimum absolute atomic E-state index is 0.0269. The summed E-state index contributed by atoms with van der Waals surface area (Å²) in [6.07, 6.45) is 7.71. The van der Waals surface area contributed by atoms with E-state index in [0.717, 1.165) is 19.0 Å². The average molecular weight is 240 g/mol. The van der Waals surface area contributed by atoms with Crippen LogP contribution in [0.15, 0.2) is 0 Å². The Kier molecular flexibility index (Phi) is 4.45. The van der Waals surface area contributed by atoms with Crippen molar-refractivity contribution in [3.8, 4) is 0 Å². The molecule has 0 bridgehead atoms. The number of likely N-dealkylation sites (N-methyl/N-ethyl adjacent to an activating group) is 1. The summed E-state index contributed by atoms with van der Waals surface area (Å²) in [5, 5.41) is 13.3. The molecule has 17 heavy (non-hydrogen) atoms. The van der Waals surface area contributed by atoms with Crippen LogP contribution in [0, 0.1) is 5.92 Å². The quantitative estimate of drug-likeness (QED) is 0.710. The monoisotopic (exact) mass is 240 g/mol. The zero-order valence-electron chi connectivity index (χ0n) is 11.4. The first-order valence-electron chi connectivity index (χ1n) is 7.28. The van der Waals surface area contributed by atoms with Crippen LogP contribution in [0.2, 0.25) is 0 Å². The summed E-state index contributed by atoms with van der Waals surface area (Å²) in [7, 11) is 2.25. The Labute approximate surface area is 106 Å². The van der Waals surface area contributed by atoms with E-state index in [1.807, 2.05) is 0 Å². The van der Waals surface area contributed by atoms with Crippen LogP contribution in [-0.4, -0.2) is 48.3 Å². The third kappa shape index (κ3) is 3.01. The van der Waals surface area contributed by atoms with Gasteiger partial charge < -0.3 is 15.3 Å². The molecule has 2 atom stereocenters. The Bertz CT molecular complexity index is 242. The molecular weight excluding hydrogens is 212 g/mol. The lowest BCUT2D eigenvalue weighted by Gasteiger charge is -2.35. The van der Waals surface area contributed by atoms with Gasteiger partial charge in [0.1, 0.15) is 0 Å². The van der Waals surface area contributed by atoms with E-state index in [1.165, 1.54) is 38.6 Å². The van der Waals surface area contributed by atoms with E-state index < -0.39 is 0 Å². The zero-order valence-corrected chi connectivity index (χ0v) is 11.4. The molecule has 0 amide bonds. The molecule has 2 saturated carbocycles. The molecule has 2 aliphatic carbocycles. The first-order chi connectivity index (χ1) is 8.22. The third-order valence-corrected chi connectivity index (χ3v) is 4.77. The molecule has 2 fully saturated rings. The van der Waals surface area contributed by atoms with Crippen molar-refractivity contribution in [3.05, 3.63) is 0 Å². The standard InChI is InChI=1S/C14H28N2O/c1-3-15-14(11-17)9-4-5-12(14)8-10-16(2)13-6-7-13/h12-13,15,17H,3-11H2,1-2H3. The molecule has 2 rings (SSSR count). The van der Waals surface area contributed by atoms with Crippen molar-refractivity contribution >= 4 is 0 Å². The van der Waals surface area contributed by atoms with Gasteiger partial charge in [0.15, 0.2) is 0 Å². The van der Waals surface area contributed by atoms with Gasteiger partial charge in [-0.05, 0) is 58.2 Å². The van der Waals surface area contributed by atoms with Gasteiger partial charge in [0.25, 0.3) is 0 Å². The van der Waals surface area contributed by atoms with Gasteiger partial charge in [0.05, 0.1) is 6.61 Å². The van der Waals surface area contributed by atoms with E-state index in [1.54, 1.807) is 0 Å². The number of nitrogens with one attached hydrogen (secondary N) is 1. The fourth-order valence-electron chi connectivity index (χ4n) is 3.47. The number of hydrogen-bond acceptors (Lipinski definition) is 3. The minimum atomic E-state index is 0.0269. The highest BCUT2D eigenvalue weighted by Gasteiger charge is 2.41. The van der Waals surface area contributed by atoms with Gasteiger partial charge in [-0.3, -0.25) is 0 Å². The molecule has 100 valence electrons. The van der Waals surface area contributed by atoms with Gasteiger partial charge in [-0.15, -0.1) is 0 Å². The van der Waals surface area contributed by atoms with Crippen LogP contribution in [-0.2, 0) is 0 Å². The number of rotatable bonds is 7. The lowest BCUT2D eigenvalue weighted by molar-refractivity contribution is 0.114. The SMILES string of the molecule is CCNC1(CO)CCCC1CCN(C)C1CC1. The van der Waals surface area contributed by atoms with Crippen molar-refractivity contribution in [2.45, 2.75) is 57.0 Å². The molecule has 0 aliphatic heterocycles. The fraction of sp³-hybridized carbons (Fsp3) is 1.00. The van der Waals surface area contributed by atoms with Gasteiger partial charge in [-0.2, -0.15) is 0 Å². The molecule has 2 N–H and O–H groups in total. The van der Waals surface area contributed by atoms with Gasteiger partial charge >= 0.3 is 0 Å². The van der Waals surface area contributed by atoms with Crippen LogP contribution in [0.25, 0.3) is 0 Å². The predicted octanol–water partition coefficient (Wildman–Crippen LogP) is 1.61. The summed E-state index contributed by atoms with van der Waals surface area (Å²) >= 11 is 0. The lowest BCUT2D eigenvalue weighted by atomic mass is 9.85. The fourth-order valence-corrected chi connectivity index (χ4v) is 3.47. The van der Waals surface area contributed by atoms with Gasteiger partial charge in [0, 0.05) is 11.6 Å². The summed E-state index contributed by atoms with van der Waals surface area (Å²) in [6.45, 7) is 4.61. The molecule has 3 nitrogen and oxygen atoms in total. The van der Waals surface area contributed by atoms with Crippen molar-refractivity contribution in [1.82, 2.24) is 10.2 Å². The molecule has 0 aromatic carbocycles. The Morgan fingerprint density at radius 3 is 2.71 bits per heavy atom. The summed E-state index contributed by atoms with van der Waals surface area (Å²) in [5.74, 6) is 0.661. The highest BCUT2D eigenvalue weighted by atomic mass is 16.3. The average Bonchev–Trinajstić information content (AvgIpc) is 3.10. The summed E-state index contributed by atoms with van der Waals surface area (Å²) in [5.41, 5.74) is 0.0269. The van der Waals surface area contributed by atoms with Crippen LogP contribution in [0.3, 0.4) is 0 Å². The van der Waals surface area contributed by atoms with Crippen molar-refractivity contribution in [2.75, 3.05) is 26.7 Å². The van der Waals surface area contributed by atoms with Gasteiger partial charge in [0.2, 0.25) is 0 Å².